The van der Waals surface area contributed by atoms with Crippen LogP contribution in [0.1, 0.15) is 12.5 Å². The summed E-state index contributed by atoms with van der Waals surface area (Å²) in [4.78, 5) is 14.4. The van der Waals surface area contributed by atoms with Crippen LogP contribution in [-0.4, -0.2) is 50.7 Å². The Balaban J connectivity index is 0.00000220. The van der Waals surface area contributed by atoms with Crippen LogP contribution < -0.4 is 14.8 Å². The van der Waals surface area contributed by atoms with Crippen molar-refractivity contribution in [3.63, 3.8) is 0 Å². The molecule has 0 radical (unpaired) electrons. The first-order valence-electron chi connectivity index (χ1n) is 6.87. The number of ether oxygens (including phenoxy) is 2. The van der Waals surface area contributed by atoms with Crippen LogP contribution in [0.4, 0.5) is 0 Å². The minimum atomic E-state index is 0. The van der Waals surface area contributed by atoms with Gasteiger partial charge in [0.25, 0.3) is 0 Å². The number of nitrogens with one attached hydrogen (secondary N) is 1. The minimum absolute atomic E-state index is 0. The Morgan fingerprint density at radius 3 is 2.48 bits per heavy atom. The van der Waals surface area contributed by atoms with Crippen molar-refractivity contribution in [1.29, 1.82) is 0 Å². The molecule has 0 aromatic heterocycles. The molecular formula is C15H23ClN2O3. The molecule has 1 aliphatic heterocycles. The molecule has 0 saturated carbocycles. The van der Waals surface area contributed by atoms with Gasteiger partial charge in [-0.3, -0.25) is 4.79 Å². The highest BCUT2D eigenvalue weighted by molar-refractivity contribution is 5.85. The molecule has 6 heteroatoms. The summed E-state index contributed by atoms with van der Waals surface area (Å²) in [5.74, 6) is 1.50. The average molecular weight is 315 g/mol. The van der Waals surface area contributed by atoms with Crippen LogP contribution in [0.3, 0.4) is 0 Å². The Kier molecular flexibility index (Phi) is 6.78. The molecule has 1 N–H and O–H groups in total. The summed E-state index contributed by atoms with van der Waals surface area (Å²) >= 11 is 0. The molecule has 1 fully saturated rings. The molecule has 1 atom stereocenters. The van der Waals surface area contributed by atoms with E-state index in [-0.39, 0.29) is 24.4 Å². The van der Waals surface area contributed by atoms with Gasteiger partial charge in [0.15, 0.2) is 0 Å². The number of rotatable bonds is 4. The standard InChI is InChI=1S/C15H22N2O3.ClH/c1-11-10-16-7-8-17(11)15(18)9-12-13(19-2)5-4-6-14(12)20-3;/h4-6,11,16H,7-10H2,1-3H3;1H/t11-;/m0./s1. The first kappa shape index (κ1) is 17.6. The van der Waals surface area contributed by atoms with Crippen LogP contribution in [0.15, 0.2) is 18.2 Å². The first-order valence-corrected chi connectivity index (χ1v) is 6.87. The Labute approximate surface area is 132 Å². The van der Waals surface area contributed by atoms with E-state index in [2.05, 4.69) is 12.2 Å². The van der Waals surface area contributed by atoms with Crippen molar-refractivity contribution in [3.8, 4) is 11.5 Å². The molecule has 2 rings (SSSR count). The van der Waals surface area contributed by atoms with Gasteiger partial charge in [0.2, 0.25) is 5.91 Å². The smallest absolute Gasteiger partial charge is 0.227 e. The molecule has 1 amide bonds. The zero-order valence-corrected chi connectivity index (χ0v) is 13.5. The molecular weight excluding hydrogens is 292 g/mol. The largest absolute Gasteiger partial charge is 0.496 e. The van der Waals surface area contributed by atoms with Gasteiger partial charge in [-0.15, -0.1) is 12.4 Å². The topological polar surface area (TPSA) is 50.8 Å². The first-order chi connectivity index (χ1) is 9.67. The van der Waals surface area contributed by atoms with E-state index in [1.54, 1.807) is 14.2 Å². The van der Waals surface area contributed by atoms with E-state index >= 15 is 0 Å². The minimum Gasteiger partial charge on any atom is -0.496 e. The van der Waals surface area contributed by atoms with Gasteiger partial charge in [-0.2, -0.15) is 0 Å². The molecule has 1 aromatic rings. The summed E-state index contributed by atoms with van der Waals surface area (Å²) in [6.07, 6.45) is 0.303. The fourth-order valence-electron chi connectivity index (χ4n) is 2.57. The summed E-state index contributed by atoms with van der Waals surface area (Å²) in [6, 6.07) is 5.79. The monoisotopic (exact) mass is 314 g/mol. The Morgan fingerprint density at radius 2 is 1.95 bits per heavy atom. The number of methoxy groups -OCH3 is 2. The van der Waals surface area contributed by atoms with Gasteiger partial charge in [-0.1, -0.05) is 6.07 Å². The molecule has 0 bridgehead atoms. The lowest BCUT2D eigenvalue weighted by molar-refractivity contribution is -0.133. The van der Waals surface area contributed by atoms with Crippen molar-refractivity contribution in [3.05, 3.63) is 23.8 Å². The molecule has 1 heterocycles. The van der Waals surface area contributed by atoms with Crippen LogP contribution in [0.25, 0.3) is 0 Å². The number of hydrogen-bond acceptors (Lipinski definition) is 4. The third-order valence-electron chi connectivity index (χ3n) is 3.68. The van der Waals surface area contributed by atoms with Crippen LogP contribution in [0.5, 0.6) is 11.5 Å². The molecule has 21 heavy (non-hydrogen) atoms. The highest BCUT2D eigenvalue weighted by Gasteiger charge is 2.24. The molecule has 1 aliphatic rings. The van der Waals surface area contributed by atoms with Crippen molar-refractivity contribution in [2.45, 2.75) is 19.4 Å². The molecule has 5 nitrogen and oxygen atoms in total. The Bertz CT molecular complexity index is 460. The van der Waals surface area contributed by atoms with Crippen LogP contribution in [0.2, 0.25) is 0 Å². The quantitative estimate of drug-likeness (QED) is 0.915. The molecule has 0 unspecified atom stereocenters. The van der Waals surface area contributed by atoms with Gasteiger partial charge >= 0.3 is 0 Å². The zero-order valence-electron chi connectivity index (χ0n) is 12.7. The maximum atomic E-state index is 12.5. The Morgan fingerprint density at radius 1 is 1.33 bits per heavy atom. The maximum absolute atomic E-state index is 12.5. The number of carbonyl (C=O) groups excluding carboxylic acids is 1. The van der Waals surface area contributed by atoms with Gasteiger partial charge in [0, 0.05) is 31.2 Å². The predicted octanol–water partition coefficient (Wildman–Crippen LogP) is 1.49. The zero-order chi connectivity index (χ0) is 14.5. The summed E-state index contributed by atoms with van der Waals surface area (Å²) in [5.41, 5.74) is 0.813. The van der Waals surface area contributed by atoms with E-state index in [1.807, 2.05) is 23.1 Å². The average Bonchev–Trinajstić information content (AvgIpc) is 2.47. The van der Waals surface area contributed by atoms with Crippen LogP contribution in [-0.2, 0) is 11.2 Å². The molecule has 0 spiro atoms. The summed E-state index contributed by atoms with van der Waals surface area (Å²) < 4.78 is 10.7. The second kappa shape index (κ2) is 8.10. The second-order valence-electron chi connectivity index (χ2n) is 4.96. The fraction of sp³-hybridized carbons (Fsp3) is 0.533. The number of piperazine rings is 1. The van der Waals surface area contributed by atoms with Gasteiger partial charge < -0.3 is 19.7 Å². The molecule has 1 saturated heterocycles. The summed E-state index contributed by atoms with van der Waals surface area (Å²) in [6.45, 7) is 4.49. The number of hydrogen-bond donors (Lipinski definition) is 1. The SMILES string of the molecule is COc1cccc(OC)c1CC(=O)N1CCNC[C@@H]1C.Cl. The van der Waals surface area contributed by atoms with Gasteiger partial charge in [0.05, 0.1) is 20.6 Å². The second-order valence-corrected chi connectivity index (χ2v) is 4.96. The lowest BCUT2D eigenvalue weighted by Gasteiger charge is -2.34. The van der Waals surface area contributed by atoms with Crippen molar-refractivity contribution in [2.75, 3.05) is 33.9 Å². The third kappa shape index (κ3) is 4.02. The van der Waals surface area contributed by atoms with E-state index in [1.165, 1.54) is 0 Å². The number of benzene rings is 1. The lowest BCUT2D eigenvalue weighted by atomic mass is 10.1. The van der Waals surface area contributed by atoms with Crippen LogP contribution >= 0.6 is 12.4 Å². The van der Waals surface area contributed by atoms with Gasteiger partial charge in [-0.05, 0) is 19.1 Å². The number of halogens is 1. The van der Waals surface area contributed by atoms with E-state index in [0.29, 0.717) is 17.9 Å². The van der Waals surface area contributed by atoms with Gasteiger partial charge in [0.1, 0.15) is 11.5 Å². The van der Waals surface area contributed by atoms with E-state index in [9.17, 15) is 4.79 Å². The summed E-state index contributed by atoms with van der Waals surface area (Å²) in [5, 5.41) is 3.29. The van der Waals surface area contributed by atoms with Crippen molar-refractivity contribution in [1.82, 2.24) is 10.2 Å². The molecule has 118 valence electrons. The van der Waals surface area contributed by atoms with Gasteiger partial charge in [-0.25, -0.2) is 0 Å². The number of nitrogens with zero attached hydrogens (tertiary/aromatic N) is 1. The van der Waals surface area contributed by atoms with E-state index in [0.717, 1.165) is 25.2 Å². The fourth-order valence-corrected chi connectivity index (χ4v) is 2.57. The highest BCUT2D eigenvalue weighted by atomic mass is 35.5. The number of amides is 1. The Hall–Kier alpha value is -1.46. The third-order valence-corrected chi connectivity index (χ3v) is 3.68. The maximum Gasteiger partial charge on any atom is 0.227 e. The summed E-state index contributed by atoms with van der Waals surface area (Å²) in [7, 11) is 3.21. The van der Waals surface area contributed by atoms with Crippen molar-refractivity contribution in [2.24, 2.45) is 0 Å². The number of carbonyl (C=O) groups is 1. The van der Waals surface area contributed by atoms with E-state index in [4.69, 9.17) is 9.47 Å². The normalized spacial score (nSPS) is 17.9. The van der Waals surface area contributed by atoms with Crippen molar-refractivity contribution >= 4 is 18.3 Å². The lowest BCUT2D eigenvalue weighted by Crippen LogP contribution is -2.52. The molecule has 0 aliphatic carbocycles. The van der Waals surface area contributed by atoms with Crippen LogP contribution in [0, 0.1) is 0 Å². The molecule has 1 aromatic carbocycles. The van der Waals surface area contributed by atoms with E-state index < -0.39 is 0 Å². The van der Waals surface area contributed by atoms with Crippen molar-refractivity contribution < 1.29 is 14.3 Å². The highest BCUT2D eigenvalue weighted by Crippen LogP contribution is 2.29. The predicted molar refractivity (Wildman–Crippen MR) is 84.5 cm³/mol.